The lowest BCUT2D eigenvalue weighted by molar-refractivity contribution is -0.139. The van der Waals surface area contributed by atoms with Crippen LogP contribution in [0.25, 0.3) is 0 Å². The molecular weight excluding hydrogens is 178 g/mol. The summed E-state index contributed by atoms with van der Waals surface area (Å²) in [6.07, 6.45) is 9.06. The largest absolute Gasteiger partial charge is 0.468 e. The zero-order valence-corrected chi connectivity index (χ0v) is 9.05. The maximum Gasteiger partial charge on any atom is 0.319 e. The Labute approximate surface area is 86.2 Å². The maximum atomic E-state index is 10.9. The molecule has 0 bridgehead atoms. The minimum atomic E-state index is -0.160. The van der Waals surface area contributed by atoms with Gasteiger partial charge in [-0.05, 0) is 12.8 Å². The summed E-state index contributed by atoms with van der Waals surface area (Å²) in [5.74, 6) is -0.160. The van der Waals surface area contributed by atoms with Gasteiger partial charge < -0.3 is 10.1 Å². The monoisotopic (exact) mass is 199 g/mol. The van der Waals surface area contributed by atoms with Gasteiger partial charge in [0.05, 0.1) is 13.7 Å². The predicted octanol–water partition coefficient (Wildman–Crippen LogP) is 1.86. The second-order valence-electron chi connectivity index (χ2n) is 4.00. The fourth-order valence-corrected chi connectivity index (χ4v) is 1.96. The van der Waals surface area contributed by atoms with Crippen molar-refractivity contribution in [2.45, 2.75) is 51.0 Å². The van der Waals surface area contributed by atoms with E-state index in [0.717, 1.165) is 0 Å². The predicted molar refractivity (Wildman–Crippen MR) is 56.1 cm³/mol. The molecule has 0 radical (unpaired) electrons. The Hall–Kier alpha value is -0.570. The third-order valence-corrected chi connectivity index (χ3v) is 2.87. The molecule has 0 spiro atoms. The van der Waals surface area contributed by atoms with Gasteiger partial charge in [-0.15, -0.1) is 0 Å². The van der Waals surface area contributed by atoms with Crippen molar-refractivity contribution in [3.63, 3.8) is 0 Å². The summed E-state index contributed by atoms with van der Waals surface area (Å²) >= 11 is 0. The summed E-state index contributed by atoms with van der Waals surface area (Å²) < 4.78 is 4.60. The molecule has 1 rings (SSSR count). The van der Waals surface area contributed by atoms with Crippen LogP contribution < -0.4 is 5.32 Å². The van der Waals surface area contributed by atoms with E-state index in [2.05, 4.69) is 10.1 Å². The van der Waals surface area contributed by atoms with Crippen LogP contribution in [0.15, 0.2) is 0 Å². The van der Waals surface area contributed by atoms with Gasteiger partial charge in [0.2, 0.25) is 0 Å². The van der Waals surface area contributed by atoms with E-state index >= 15 is 0 Å². The number of methoxy groups -OCH3 is 1. The minimum Gasteiger partial charge on any atom is -0.468 e. The molecule has 0 aliphatic heterocycles. The van der Waals surface area contributed by atoms with Crippen LogP contribution in [0.4, 0.5) is 0 Å². The zero-order chi connectivity index (χ0) is 10.2. The molecule has 1 aliphatic rings. The summed E-state index contributed by atoms with van der Waals surface area (Å²) in [7, 11) is 1.43. The molecule has 3 nitrogen and oxygen atoms in total. The minimum absolute atomic E-state index is 0.160. The third kappa shape index (κ3) is 4.61. The van der Waals surface area contributed by atoms with Crippen LogP contribution in [0.3, 0.4) is 0 Å². The van der Waals surface area contributed by atoms with E-state index in [9.17, 15) is 4.79 Å². The van der Waals surface area contributed by atoms with E-state index in [0.29, 0.717) is 12.6 Å². The van der Waals surface area contributed by atoms with Crippen LogP contribution in [-0.2, 0) is 9.53 Å². The number of hydrogen-bond acceptors (Lipinski definition) is 3. The van der Waals surface area contributed by atoms with Gasteiger partial charge in [-0.2, -0.15) is 0 Å². The number of esters is 1. The molecule has 0 amide bonds. The van der Waals surface area contributed by atoms with Gasteiger partial charge in [0.25, 0.3) is 0 Å². The van der Waals surface area contributed by atoms with Crippen LogP contribution >= 0.6 is 0 Å². The summed E-state index contributed by atoms with van der Waals surface area (Å²) in [5.41, 5.74) is 0. The Morgan fingerprint density at radius 1 is 1.21 bits per heavy atom. The first-order valence-electron chi connectivity index (χ1n) is 5.63. The topological polar surface area (TPSA) is 38.3 Å². The van der Waals surface area contributed by atoms with Crippen molar-refractivity contribution < 1.29 is 9.53 Å². The van der Waals surface area contributed by atoms with Crippen molar-refractivity contribution in [2.75, 3.05) is 13.7 Å². The van der Waals surface area contributed by atoms with Gasteiger partial charge in [0, 0.05) is 6.04 Å². The van der Waals surface area contributed by atoms with Crippen LogP contribution in [0, 0.1) is 0 Å². The average Bonchev–Trinajstić information content (AvgIpc) is 2.15. The maximum absolute atomic E-state index is 10.9. The second-order valence-corrected chi connectivity index (χ2v) is 4.00. The van der Waals surface area contributed by atoms with E-state index in [4.69, 9.17) is 0 Å². The van der Waals surface area contributed by atoms with Gasteiger partial charge in [-0.3, -0.25) is 4.79 Å². The molecular formula is C11H21NO2. The molecule has 0 atom stereocenters. The molecule has 1 N–H and O–H groups in total. The molecule has 0 heterocycles. The molecule has 0 unspecified atom stereocenters. The number of ether oxygens (including phenoxy) is 1. The van der Waals surface area contributed by atoms with Crippen LogP contribution in [0.2, 0.25) is 0 Å². The van der Waals surface area contributed by atoms with Crippen molar-refractivity contribution >= 4 is 5.97 Å². The number of carbonyl (C=O) groups is 1. The van der Waals surface area contributed by atoms with Crippen LogP contribution in [0.1, 0.15) is 44.9 Å². The van der Waals surface area contributed by atoms with Crippen molar-refractivity contribution in [3.8, 4) is 0 Å². The summed E-state index contributed by atoms with van der Waals surface area (Å²) in [4.78, 5) is 10.9. The highest BCUT2D eigenvalue weighted by atomic mass is 16.5. The molecule has 82 valence electrons. The molecule has 1 fully saturated rings. The van der Waals surface area contributed by atoms with Crippen molar-refractivity contribution in [1.82, 2.24) is 5.32 Å². The van der Waals surface area contributed by atoms with Gasteiger partial charge >= 0.3 is 5.97 Å². The third-order valence-electron chi connectivity index (χ3n) is 2.87. The van der Waals surface area contributed by atoms with Gasteiger partial charge in [0.15, 0.2) is 0 Å². The highest BCUT2D eigenvalue weighted by Gasteiger charge is 2.11. The standard InChI is InChI=1S/C11H21NO2/c1-14-11(13)9-12-10-7-5-3-2-4-6-8-10/h10,12H,2-9H2,1H3. The molecule has 0 saturated heterocycles. The van der Waals surface area contributed by atoms with E-state index < -0.39 is 0 Å². The van der Waals surface area contributed by atoms with E-state index in [1.165, 1.54) is 52.1 Å². The van der Waals surface area contributed by atoms with E-state index in [-0.39, 0.29) is 5.97 Å². The lowest BCUT2D eigenvalue weighted by atomic mass is 9.97. The Balaban J connectivity index is 2.16. The first-order chi connectivity index (χ1) is 6.83. The second kappa shape index (κ2) is 6.82. The van der Waals surface area contributed by atoms with Crippen LogP contribution in [0.5, 0.6) is 0 Å². The SMILES string of the molecule is COC(=O)CNC1CCCCCCC1. The lowest BCUT2D eigenvalue weighted by Crippen LogP contribution is -2.34. The number of nitrogens with one attached hydrogen (secondary N) is 1. The van der Waals surface area contributed by atoms with Gasteiger partial charge in [0.1, 0.15) is 0 Å². The van der Waals surface area contributed by atoms with Gasteiger partial charge in [-0.25, -0.2) is 0 Å². The number of hydrogen-bond donors (Lipinski definition) is 1. The molecule has 3 heteroatoms. The van der Waals surface area contributed by atoms with Gasteiger partial charge in [-0.1, -0.05) is 32.1 Å². The fraction of sp³-hybridized carbons (Fsp3) is 0.909. The van der Waals surface area contributed by atoms with E-state index in [1.54, 1.807) is 0 Å². The Morgan fingerprint density at radius 2 is 1.79 bits per heavy atom. The van der Waals surface area contributed by atoms with E-state index in [1.807, 2.05) is 0 Å². The Morgan fingerprint density at radius 3 is 2.36 bits per heavy atom. The summed E-state index contributed by atoms with van der Waals surface area (Å²) in [5, 5.41) is 3.27. The molecule has 0 aromatic carbocycles. The van der Waals surface area contributed by atoms with Crippen molar-refractivity contribution in [3.05, 3.63) is 0 Å². The molecule has 14 heavy (non-hydrogen) atoms. The first kappa shape index (κ1) is 11.5. The molecule has 0 aromatic heterocycles. The molecule has 1 aliphatic carbocycles. The quantitative estimate of drug-likeness (QED) is 0.705. The number of rotatable bonds is 3. The zero-order valence-electron chi connectivity index (χ0n) is 9.05. The highest BCUT2D eigenvalue weighted by Crippen LogP contribution is 2.16. The average molecular weight is 199 g/mol. The first-order valence-corrected chi connectivity index (χ1v) is 5.63. The summed E-state index contributed by atoms with van der Waals surface area (Å²) in [6, 6.07) is 0.523. The molecule has 1 saturated carbocycles. The normalized spacial score (nSPS) is 19.8. The summed E-state index contributed by atoms with van der Waals surface area (Å²) in [6.45, 7) is 0.362. The highest BCUT2D eigenvalue weighted by molar-refractivity contribution is 5.71. The smallest absolute Gasteiger partial charge is 0.319 e. The Bertz CT molecular complexity index is 163. The fourth-order valence-electron chi connectivity index (χ4n) is 1.96. The van der Waals surface area contributed by atoms with Crippen molar-refractivity contribution in [1.29, 1.82) is 0 Å². The van der Waals surface area contributed by atoms with Crippen LogP contribution in [-0.4, -0.2) is 25.7 Å². The Kier molecular flexibility index (Phi) is 5.60. The molecule has 0 aromatic rings. The lowest BCUT2D eigenvalue weighted by Gasteiger charge is -2.20. The number of carbonyl (C=O) groups excluding carboxylic acids is 1. The van der Waals surface area contributed by atoms with Crippen molar-refractivity contribution in [2.24, 2.45) is 0 Å².